The fourth-order valence-electron chi connectivity index (χ4n) is 6.77. The van der Waals surface area contributed by atoms with Crippen LogP contribution in [0.4, 0.5) is 0 Å². The second kappa shape index (κ2) is 7.80. The van der Waals surface area contributed by atoms with Crippen LogP contribution in [-0.4, -0.2) is 44.8 Å². The van der Waals surface area contributed by atoms with Crippen LogP contribution in [0.15, 0.2) is 65.6 Å². The maximum Gasteiger partial charge on any atom is 0.275 e. The van der Waals surface area contributed by atoms with Crippen LogP contribution in [0.1, 0.15) is 38.2 Å². The molecule has 6 rings (SSSR count). The van der Waals surface area contributed by atoms with Crippen molar-refractivity contribution in [3.05, 3.63) is 76.7 Å². The number of likely N-dealkylation sites (tertiary alicyclic amines) is 1. The lowest BCUT2D eigenvalue weighted by atomic mass is 9.65. The van der Waals surface area contributed by atoms with Crippen molar-refractivity contribution >= 4 is 16.7 Å². The van der Waals surface area contributed by atoms with E-state index in [4.69, 9.17) is 0 Å². The van der Waals surface area contributed by atoms with E-state index in [0.29, 0.717) is 11.4 Å². The van der Waals surface area contributed by atoms with Gasteiger partial charge in [0.25, 0.3) is 5.56 Å². The lowest BCUT2D eigenvalue weighted by molar-refractivity contribution is -0.136. The van der Waals surface area contributed by atoms with Gasteiger partial charge in [0.1, 0.15) is 6.54 Å². The molecule has 6 heteroatoms. The van der Waals surface area contributed by atoms with E-state index in [0.717, 1.165) is 31.1 Å². The Hall–Kier alpha value is -2.99. The average Bonchev–Trinajstić information content (AvgIpc) is 3.14. The Morgan fingerprint density at radius 3 is 2.76 bits per heavy atom. The van der Waals surface area contributed by atoms with Gasteiger partial charge in [-0.3, -0.25) is 9.59 Å². The molecule has 1 aliphatic carbocycles. The molecule has 1 amide bonds. The van der Waals surface area contributed by atoms with Gasteiger partial charge in [0.2, 0.25) is 5.91 Å². The Labute approximate surface area is 193 Å². The number of fused-ring (bicyclic) bond motifs is 2. The van der Waals surface area contributed by atoms with Gasteiger partial charge in [-0.1, -0.05) is 55.5 Å². The summed E-state index contributed by atoms with van der Waals surface area (Å²) < 4.78 is 1.34. The zero-order chi connectivity index (χ0) is 22.6. The molecule has 0 spiro atoms. The molecule has 33 heavy (non-hydrogen) atoms. The second-order valence-electron chi connectivity index (χ2n) is 10.2. The Morgan fingerprint density at radius 1 is 1.12 bits per heavy atom. The summed E-state index contributed by atoms with van der Waals surface area (Å²) in [5, 5.41) is 9.68. The third-order valence-corrected chi connectivity index (χ3v) is 8.38. The number of hydrogen-bond donors (Lipinski definition) is 1. The number of amides is 1. The summed E-state index contributed by atoms with van der Waals surface area (Å²) in [6, 6.07) is 19.0. The highest BCUT2D eigenvalue weighted by Gasteiger charge is 2.60. The van der Waals surface area contributed by atoms with E-state index in [-0.39, 0.29) is 41.6 Å². The van der Waals surface area contributed by atoms with Gasteiger partial charge in [0.05, 0.1) is 11.6 Å². The van der Waals surface area contributed by atoms with Crippen molar-refractivity contribution in [2.45, 2.75) is 69.7 Å². The Morgan fingerprint density at radius 2 is 1.91 bits per heavy atom. The number of aromatic nitrogens is 2. The largest absolute Gasteiger partial charge is 0.333 e. The number of nitrogens with zero attached hydrogens (tertiary/aromatic N) is 3. The first-order chi connectivity index (χ1) is 16.0. The van der Waals surface area contributed by atoms with E-state index in [1.165, 1.54) is 16.7 Å². The minimum absolute atomic E-state index is 0.00449. The predicted molar refractivity (Wildman–Crippen MR) is 128 cm³/mol. The molecule has 5 atom stereocenters. The highest BCUT2D eigenvalue weighted by molar-refractivity contribution is 5.81. The van der Waals surface area contributed by atoms with Gasteiger partial charge in [-0.05, 0) is 43.7 Å². The molecule has 6 nitrogen and oxygen atoms in total. The SMILES string of the molecule is C[C@@]12C[C@H]3[C@@H](Cc4ccccc4)N[C@@H]1CCC[C@@H]2N3C(=O)Cn1ncc2ccccc2c1=O. The van der Waals surface area contributed by atoms with Crippen molar-refractivity contribution in [2.24, 2.45) is 5.41 Å². The molecule has 170 valence electrons. The number of carbonyl (C=O) groups excluding carboxylic acids is 1. The van der Waals surface area contributed by atoms with Gasteiger partial charge < -0.3 is 10.2 Å². The van der Waals surface area contributed by atoms with Crippen molar-refractivity contribution < 1.29 is 4.79 Å². The summed E-state index contributed by atoms with van der Waals surface area (Å²) in [5.41, 5.74) is 1.18. The molecule has 3 aromatic rings. The lowest BCUT2D eigenvalue weighted by Gasteiger charge is -2.46. The number of piperidine rings is 1. The molecule has 1 saturated carbocycles. The normalized spacial score (nSPS) is 30.5. The topological polar surface area (TPSA) is 67.2 Å². The van der Waals surface area contributed by atoms with E-state index in [1.54, 1.807) is 12.3 Å². The molecule has 2 aliphatic heterocycles. The van der Waals surface area contributed by atoms with E-state index in [9.17, 15) is 9.59 Å². The summed E-state index contributed by atoms with van der Waals surface area (Å²) >= 11 is 0. The van der Waals surface area contributed by atoms with Crippen molar-refractivity contribution in [3.8, 4) is 0 Å². The lowest BCUT2D eigenvalue weighted by Crippen LogP contribution is -2.58. The number of benzene rings is 2. The molecule has 3 aliphatic rings. The Kier molecular flexibility index (Phi) is 4.87. The minimum atomic E-state index is -0.199. The Balaban J connectivity index is 1.33. The first kappa shape index (κ1) is 20.6. The quantitative estimate of drug-likeness (QED) is 0.674. The van der Waals surface area contributed by atoms with Gasteiger partial charge >= 0.3 is 0 Å². The predicted octanol–water partition coefficient (Wildman–Crippen LogP) is 3.14. The highest BCUT2D eigenvalue weighted by atomic mass is 16.2. The molecule has 1 aromatic heterocycles. The summed E-state index contributed by atoms with van der Waals surface area (Å²) in [6.45, 7) is 2.35. The number of rotatable bonds is 4. The monoisotopic (exact) mass is 442 g/mol. The zero-order valence-electron chi connectivity index (χ0n) is 19.0. The maximum absolute atomic E-state index is 13.8. The van der Waals surface area contributed by atoms with Crippen molar-refractivity contribution in [1.82, 2.24) is 20.0 Å². The minimum Gasteiger partial charge on any atom is -0.333 e. The molecule has 0 radical (unpaired) electrons. The standard InChI is InChI=1S/C27H30N4O2/c1-27-15-22-21(14-18-8-3-2-4-9-18)29-23(27)12-7-13-24(27)31(22)25(32)17-30-26(33)20-11-6-5-10-19(20)16-28-30/h2-6,8-11,16,21-24,29H,7,12-15,17H2,1H3/t21-,22+,23-,24+,27-/m1/s1. The van der Waals surface area contributed by atoms with Crippen LogP contribution < -0.4 is 10.9 Å². The number of nitrogens with one attached hydrogen (secondary N) is 1. The molecular weight excluding hydrogens is 412 g/mol. The molecular formula is C27H30N4O2. The molecule has 0 unspecified atom stereocenters. The van der Waals surface area contributed by atoms with Gasteiger partial charge in [-0.25, -0.2) is 4.68 Å². The van der Waals surface area contributed by atoms with Crippen LogP contribution in [-0.2, 0) is 17.8 Å². The first-order valence-corrected chi connectivity index (χ1v) is 12.1. The van der Waals surface area contributed by atoms with Gasteiger partial charge in [0.15, 0.2) is 0 Å². The fourth-order valence-corrected chi connectivity index (χ4v) is 6.77. The van der Waals surface area contributed by atoms with Gasteiger partial charge in [-0.15, -0.1) is 0 Å². The summed E-state index contributed by atoms with van der Waals surface area (Å²) in [7, 11) is 0. The molecule has 2 aromatic carbocycles. The zero-order valence-corrected chi connectivity index (χ0v) is 19.0. The smallest absolute Gasteiger partial charge is 0.275 e. The molecule has 3 heterocycles. The van der Waals surface area contributed by atoms with Crippen molar-refractivity contribution in [3.63, 3.8) is 0 Å². The van der Waals surface area contributed by atoms with Crippen LogP contribution in [0.2, 0.25) is 0 Å². The van der Waals surface area contributed by atoms with E-state index in [2.05, 4.69) is 46.5 Å². The average molecular weight is 443 g/mol. The number of hydrogen-bond acceptors (Lipinski definition) is 4. The van der Waals surface area contributed by atoms with Crippen LogP contribution in [0.25, 0.3) is 10.8 Å². The third-order valence-electron chi connectivity index (χ3n) is 8.38. The summed E-state index contributed by atoms with van der Waals surface area (Å²) in [5.74, 6) is 0.0148. The van der Waals surface area contributed by atoms with Crippen LogP contribution >= 0.6 is 0 Å². The maximum atomic E-state index is 13.8. The van der Waals surface area contributed by atoms with Crippen LogP contribution in [0.3, 0.4) is 0 Å². The third kappa shape index (κ3) is 3.31. The molecule has 1 N–H and O–H groups in total. The fraction of sp³-hybridized carbons (Fsp3) is 0.444. The van der Waals surface area contributed by atoms with Crippen LogP contribution in [0, 0.1) is 5.41 Å². The van der Waals surface area contributed by atoms with Crippen LogP contribution in [0.5, 0.6) is 0 Å². The highest BCUT2D eigenvalue weighted by Crippen LogP contribution is 2.53. The second-order valence-corrected chi connectivity index (χ2v) is 10.2. The van der Waals surface area contributed by atoms with E-state index in [1.807, 2.05) is 24.3 Å². The first-order valence-electron chi connectivity index (χ1n) is 12.1. The van der Waals surface area contributed by atoms with Crippen molar-refractivity contribution in [1.29, 1.82) is 0 Å². The molecule has 2 saturated heterocycles. The number of carbonyl (C=O) groups is 1. The molecule has 2 bridgehead atoms. The van der Waals surface area contributed by atoms with Crippen molar-refractivity contribution in [2.75, 3.05) is 0 Å². The summed E-state index contributed by atoms with van der Waals surface area (Å²) in [4.78, 5) is 28.9. The Bertz CT molecular complexity index is 1260. The van der Waals surface area contributed by atoms with Gasteiger partial charge in [0, 0.05) is 35.0 Å². The molecule has 3 fully saturated rings. The van der Waals surface area contributed by atoms with E-state index >= 15 is 0 Å². The van der Waals surface area contributed by atoms with Gasteiger partial charge in [-0.2, -0.15) is 5.10 Å². The van der Waals surface area contributed by atoms with E-state index < -0.39 is 0 Å². The summed E-state index contributed by atoms with van der Waals surface area (Å²) in [6.07, 6.45) is 6.94.